The second-order valence-corrected chi connectivity index (χ2v) is 6.94. The van der Waals surface area contributed by atoms with Gasteiger partial charge in [0.05, 0.1) is 6.10 Å². The van der Waals surface area contributed by atoms with E-state index in [1.165, 1.54) is 0 Å². The number of anilines is 1. The lowest BCUT2D eigenvalue weighted by Crippen LogP contribution is -2.48. The van der Waals surface area contributed by atoms with E-state index >= 15 is 0 Å². The highest BCUT2D eigenvalue weighted by Crippen LogP contribution is 2.14. The van der Waals surface area contributed by atoms with Crippen LogP contribution >= 0.6 is 12.2 Å². The van der Waals surface area contributed by atoms with Crippen LogP contribution in [0, 0.1) is 0 Å². The maximum atomic E-state index is 12.2. The smallest absolute Gasteiger partial charge is 0.269 e. The summed E-state index contributed by atoms with van der Waals surface area (Å²) in [5, 5.41) is 5.12. The van der Waals surface area contributed by atoms with Crippen LogP contribution in [0.15, 0.2) is 48.5 Å². The fourth-order valence-corrected chi connectivity index (χ4v) is 2.45. The van der Waals surface area contributed by atoms with E-state index in [1.54, 1.807) is 55.5 Å². The maximum absolute atomic E-state index is 12.2. The number of hydrazine groups is 1. The molecule has 0 bridgehead atoms. The van der Waals surface area contributed by atoms with Gasteiger partial charge < -0.3 is 10.1 Å². The lowest BCUT2D eigenvalue weighted by molar-refractivity contribution is -0.115. The number of rotatable bonds is 6. The van der Waals surface area contributed by atoms with Gasteiger partial charge in [-0.3, -0.25) is 30.6 Å². The molecule has 0 aliphatic carbocycles. The van der Waals surface area contributed by atoms with Crippen molar-refractivity contribution in [1.29, 1.82) is 0 Å². The van der Waals surface area contributed by atoms with Gasteiger partial charge in [0.25, 0.3) is 11.8 Å². The van der Waals surface area contributed by atoms with Crippen molar-refractivity contribution in [3.63, 3.8) is 0 Å². The molecule has 0 radical (unpaired) electrons. The number of benzene rings is 2. The molecule has 8 nitrogen and oxygen atoms in total. The van der Waals surface area contributed by atoms with Crippen molar-refractivity contribution >= 4 is 40.7 Å². The van der Waals surface area contributed by atoms with Crippen molar-refractivity contribution < 1.29 is 19.1 Å². The summed E-state index contributed by atoms with van der Waals surface area (Å²) in [7, 11) is 0. The molecule has 0 aromatic heterocycles. The number of carbonyl (C=O) groups excluding carboxylic acids is 3. The molecule has 9 heteroatoms. The Balaban J connectivity index is 1.82. The fraction of sp³-hybridized carbons (Fsp3) is 0.238. The minimum atomic E-state index is -0.449. The Kier molecular flexibility index (Phi) is 8.30. The predicted octanol–water partition coefficient (Wildman–Crippen LogP) is 2.77. The SMILES string of the molecule is CCC(=O)Nc1ccc(C(=O)NNC(=S)NC(=O)c2ccc(OC(C)C)cc2)cc1. The fourth-order valence-electron chi connectivity index (χ4n) is 2.30. The number of hydrogen-bond acceptors (Lipinski definition) is 5. The predicted molar refractivity (Wildman–Crippen MR) is 118 cm³/mol. The van der Waals surface area contributed by atoms with E-state index in [9.17, 15) is 14.4 Å². The van der Waals surface area contributed by atoms with Gasteiger partial charge >= 0.3 is 0 Å². The van der Waals surface area contributed by atoms with Crippen molar-refractivity contribution in [3.05, 3.63) is 59.7 Å². The van der Waals surface area contributed by atoms with E-state index in [1.807, 2.05) is 13.8 Å². The number of carbonyl (C=O) groups is 3. The summed E-state index contributed by atoms with van der Waals surface area (Å²) in [5.41, 5.74) is 6.23. The summed E-state index contributed by atoms with van der Waals surface area (Å²) in [5.74, 6) is -0.323. The van der Waals surface area contributed by atoms with Crippen molar-refractivity contribution in [2.24, 2.45) is 0 Å². The molecule has 2 aromatic rings. The lowest BCUT2D eigenvalue weighted by atomic mass is 10.2. The van der Waals surface area contributed by atoms with Crippen LogP contribution in [-0.2, 0) is 4.79 Å². The van der Waals surface area contributed by atoms with Crippen LogP contribution in [0.2, 0.25) is 0 Å². The first-order chi connectivity index (χ1) is 14.3. The largest absolute Gasteiger partial charge is 0.491 e. The molecule has 0 aliphatic rings. The number of nitrogens with one attached hydrogen (secondary N) is 4. The second kappa shape index (κ2) is 10.9. The zero-order valence-corrected chi connectivity index (χ0v) is 17.8. The van der Waals surface area contributed by atoms with Crippen LogP contribution in [0.4, 0.5) is 5.69 Å². The normalized spacial score (nSPS) is 10.1. The van der Waals surface area contributed by atoms with Gasteiger partial charge in [0.2, 0.25) is 5.91 Å². The average molecular weight is 429 g/mol. The number of hydrogen-bond donors (Lipinski definition) is 4. The molecular formula is C21H24N4O4S. The van der Waals surface area contributed by atoms with E-state index in [4.69, 9.17) is 17.0 Å². The maximum Gasteiger partial charge on any atom is 0.269 e. The topological polar surface area (TPSA) is 109 Å². The molecule has 0 heterocycles. The number of amides is 3. The third kappa shape index (κ3) is 7.17. The summed E-state index contributed by atoms with van der Waals surface area (Å²) in [6.45, 7) is 5.58. The van der Waals surface area contributed by atoms with Crippen LogP contribution in [0.3, 0.4) is 0 Å². The standard InChI is InChI=1S/C21H24N4O4S/c1-4-18(26)22-16-9-5-15(6-10-16)20(28)24-25-21(30)23-19(27)14-7-11-17(12-8-14)29-13(2)3/h5-13H,4H2,1-3H3,(H,22,26)(H,24,28)(H2,23,25,27,30). The summed E-state index contributed by atoms with van der Waals surface area (Å²) < 4.78 is 5.53. The Bertz CT molecular complexity index is 912. The highest BCUT2D eigenvalue weighted by atomic mass is 32.1. The van der Waals surface area contributed by atoms with Gasteiger partial charge in [-0.05, 0) is 74.6 Å². The van der Waals surface area contributed by atoms with Crippen molar-refractivity contribution in [2.75, 3.05) is 5.32 Å². The van der Waals surface area contributed by atoms with Gasteiger partial charge in [-0.25, -0.2) is 0 Å². The Hall–Kier alpha value is -3.46. The lowest BCUT2D eigenvalue weighted by Gasteiger charge is -2.12. The Morgan fingerprint density at radius 1 is 0.900 bits per heavy atom. The molecule has 0 saturated heterocycles. The van der Waals surface area contributed by atoms with E-state index in [2.05, 4.69) is 21.5 Å². The number of thiocarbonyl (C=S) groups is 1. The Labute approximate surface area is 180 Å². The molecule has 0 atom stereocenters. The van der Waals surface area contributed by atoms with Crippen LogP contribution in [-0.4, -0.2) is 28.9 Å². The van der Waals surface area contributed by atoms with Gasteiger partial charge in [-0.15, -0.1) is 0 Å². The van der Waals surface area contributed by atoms with E-state index in [-0.39, 0.29) is 17.1 Å². The van der Waals surface area contributed by atoms with Crippen LogP contribution in [0.5, 0.6) is 5.75 Å². The summed E-state index contributed by atoms with van der Waals surface area (Å²) >= 11 is 5.03. The molecular weight excluding hydrogens is 404 g/mol. The molecule has 0 spiro atoms. The zero-order valence-electron chi connectivity index (χ0n) is 16.9. The molecule has 0 fully saturated rings. The molecule has 0 saturated carbocycles. The summed E-state index contributed by atoms with van der Waals surface area (Å²) in [6, 6.07) is 13.0. The van der Waals surface area contributed by atoms with Gasteiger partial charge in [0.15, 0.2) is 5.11 Å². The summed E-state index contributed by atoms with van der Waals surface area (Å²) in [4.78, 5) is 35.8. The minimum absolute atomic E-state index is 0.0383. The highest BCUT2D eigenvalue weighted by molar-refractivity contribution is 7.80. The van der Waals surface area contributed by atoms with Crippen molar-refractivity contribution in [3.8, 4) is 5.75 Å². The molecule has 3 amide bonds. The Morgan fingerprint density at radius 2 is 1.47 bits per heavy atom. The Morgan fingerprint density at radius 3 is 2.03 bits per heavy atom. The van der Waals surface area contributed by atoms with Crippen molar-refractivity contribution in [1.82, 2.24) is 16.2 Å². The van der Waals surface area contributed by atoms with E-state index in [0.717, 1.165) is 0 Å². The monoisotopic (exact) mass is 428 g/mol. The first-order valence-electron chi connectivity index (χ1n) is 9.36. The average Bonchev–Trinajstić information content (AvgIpc) is 2.72. The van der Waals surface area contributed by atoms with Crippen LogP contribution < -0.4 is 26.2 Å². The molecule has 30 heavy (non-hydrogen) atoms. The molecule has 0 aliphatic heterocycles. The zero-order chi connectivity index (χ0) is 22.1. The third-order valence-electron chi connectivity index (χ3n) is 3.76. The third-order valence-corrected chi connectivity index (χ3v) is 3.96. The highest BCUT2D eigenvalue weighted by Gasteiger charge is 2.10. The number of ether oxygens (including phenoxy) is 1. The molecule has 2 aromatic carbocycles. The molecule has 4 N–H and O–H groups in total. The van der Waals surface area contributed by atoms with Crippen molar-refractivity contribution in [2.45, 2.75) is 33.3 Å². The van der Waals surface area contributed by atoms with Gasteiger partial charge in [0.1, 0.15) is 5.75 Å². The van der Waals surface area contributed by atoms with Crippen LogP contribution in [0.1, 0.15) is 47.9 Å². The van der Waals surface area contributed by atoms with Gasteiger partial charge in [-0.1, -0.05) is 6.92 Å². The molecule has 158 valence electrons. The van der Waals surface area contributed by atoms with Crippen LogP contribution in [0.25, 0.3) is 0 Å². The molecule has 0 unspecified atom stereocenters. The van der Waals surface area contributed by atoms with Gasteiger partial charge in [-0.2, -0.15) is 0 Å². The molecule has 2 rings (SSSR count). The minimum Gasteiger partial charge on any atom is -0.491 e. The van der Waals surface area contributed by atoms with Gasteiger partial charge in [0, 0.05) is 23.2 Å². The van der Waals surface area contributed by atoms with E-state index in [0.29, 0.717) is 29.0 Å². The first kappa shape index (κ1) is 22.8. The first-order valence-corrected chi connectivity index (χ1v) is 9.77. The quantitative estimate of drug-likeness (QED) is 0.416. The second-order valence-electron chi connectivity index (χ2n) is 6.53. The summed E-state index contributed by atoms with van der Waals surface area (Å²) in [6.07, 6.45) is 0.405. The van der Waals surface area contributed by atoms with E-state index < -0.39 is 11.8 Å².